The first-order chi connectivity index (χ1) is 13.1. The molecule has 1 aromatic heterocycles. The Morgan fingerprint density at radius 1 is 1.11 bits per heavy atom. The molecule has 0 saturated carbocycles. The Hall–Kier alpha value is -1.63. The van der Waals surface area contributed by atoms with Crippen LogP contribution >= 0.6 is 0 Å². The van der Waals surface area contributed by atoms with Crippen LogP contribution in [0.3, 0.4) is 0 Å². The van der Waals surface area contributed by atoms with Gasteiger partial charge in [0.2, 0.25) is 5.91 Å². The minimum atomic E-state index is -3.44. The molecule has 0 aliphatic carbocycles. The number of pyridine rings is 1. The highest BCUT2D eigenvalue weighted by atomic mass is 32.2. The monoisotopic (exact) mass is 407 g/mol. The van der Waals surface area contributed by atoms with Crippen molar-refractivity contribution in [3.05, 3.63) is 18.3 Å². The summed E-state index contributed by atoms with van der Waals surface area (Å²) in [6.45, 7) is 10.7. The highest BCUT2D eigenvalue weighted by molar-refractivity contribution is 7.92. The number of likely N-dealkylation sites (tertiary alicyclic amines) is 1. The number of hydrogen-bond acceptors (Lipinski definition) is 5. The first kappa shape index (κ1) is 21.1. The van der Waals surface area contributed by atoms with Crippen molar-refractivity contribution in [2.45, 2.75) is 63.2 Å². The number of carbonyl (C=O) groups excluding carboxylic acids is 1. The summed E-state index contributed by atoms with van der Waals surface area (Å²) in [7, 11) is -3.44. The van der Waals surface area contributed by atoms with Gasteiger partial charge in [0.1, 0.15) is 0 Å². The molecule has 0 bridgehead atoms. The lowest BCUT2D eigenvalue weighted by atomic mass is 9.92. The molecular weight excluding hydrogens is 374 g/mol. The second kappa shape index (κ2) is 8.01. The lowest BCUT2D eigenvalue weighted by Gasteiger charge is -2.37. The maximum Gasteiger partial charge on any atom is 0.225 e. The Bertz CT molecular complexity index is 791. The standard InChI is InChI=1S/C21H33N3O3S/c1-16-6-5-11-24(15-16)20(25)17-9-12-23(13-10-17)18-7-8-19(22-14-18)28(26,27)21(2,3)4/h7-8,14,16-17H,5-6,9-13,15H2,1-4H3. The van der Waals surface area contributed by atoms with Gasteiger partial charge in [-0.1, -0.05) is 6.92 Å². The smallest absolute Gasteiger partial charge is 0.225 e. The van der Waals surface area contributed by atoms with E-state index in [2.05, 4.69) is 21.7 Å². The summed E-state index contributed by atoms with van der Waals surface area (Å²) in [6, 6.07) is 3.43. The molecule has 0 radical (unpaired) electrons. The van der Waals surface area contributed by atoms with E-state index in [9.17, 15) is 13.2 Å². The van der Waals surface area contributed by atoms with Crippen LogP contribution in [0.2, 0.25) is 0 Å². The number of rotatable bonds is 3. The van der Waals surface area contributed by atoms with E-state index in [0.717, 1.165) is 51.1 Å². The minimum absolute atomic E-state index is 0.107. The number of amides is 1. The van der Waals surface area contributed by atoms with Crippen LogP contribution in [0, 0.1) is 11.8 Å². The van der Waals surface area contributed by atoms with Gasteiger partial charge in [-0.15, -0.1) is 0 Å². The molecular formula is C21H33N3O3S. The van der Waals surface area contributed by atoms with Crippen molar-refractivity contribution in [1.29, 1.82) is 0 Å². The third kappa shape index (κ3) is 4.34. The van der Waals surface area contributed by atoms with Crippen molar-refractivity contribution in [2.75, 3.05) is 31.1 Å². The molecule has 3 rings (SSSR count). The Morgan fingerprint density at radius 3 is 2.32 bits per heavy atom. The van der Waals surface area contributed by atoms with Gasteiger partial charge in [0.05, 0.1) is 16.6 Å². The molecule has 1 atom stereocenters. The van der Waals surface area contributed by atoms with Crippen LogP contribution in [0.4, 0.5) is 5.69 Å². The third-order valence-corrected chi connectivity index (χ3v) is 8.38. The van der Waals surface area contributed by atoms with Crippen molar-refractivity contribution in [2.24, 2.45) is 11.8 Å². The van der Waals surface area contributed by atoms with Crippen molar-refractivity contribution in [3.63, 3.8) is 0 Å². The Kier molecular flexibility index (Phi) is 6.03. The quantitative estimate of drug-likeness (QED) is 0.770. The van der Waals surface area contributed by atoms with Gasteiger partial charge in [-0.25, -0.2) is 13.4 Å². The van der Waals surface area contributed by atoms with Gasteiger partial charge in [-0.05, 0) is 64.5 Å². The Morgan fingerprint density at radius 2 is 1.79 bits per heavy atom. The van der Waals surface area contributed by atoms with Gasteiger partial charge in [0.15, 0.2) is 14.9 Å². The van der Waals surface area contributed by atoms with E-state index in [1.54, 1.807) is 33.0 Å². The SMILES string of the molecule is CC1CCCN(C(=O)C2CCN(c3ccc(S(=O)(=O)C(C)(C)C)nc3)CC2)C1. The number of sulfone groups is 1. The minimum Gasteiger partial charge on any atom is -0.370 e. The van der Waals surface area contributed by atoms with Crippen molar-refractivity contribution < 1.29 is 13.2 Å². The summed E-state index contributed by atoms with van der Waals surface area (Å²) in [5.74, 6) is 1.03. The van der Waals surface area contributed by atoms with Gasteiger partial charge in [0, 0.05) is 32.1 Å². The summed E-state index contributed by atoms with van der Waals surface area (Å²) in [4.78, 5) is 21.3. The van der Waals surface area contributed by atoms with Crippen molar-refractivity contribution in [3.8, 4) is 0 Å². The normalized spacial score (nSPS) is 22.4. The van der Waals surface area contributed by atoms with Gasteiger partial charge in [-0.2, -0.15) is 0 Å². The number of nitrogens with zero attached hydrogens (tertiary/aromatic N) is 3. The van der Waals surface area contributed by atoms with E-state index in [4.69, 9.17) is 0 Å². The molecule has 0 spiro atoms. The fourth-order valence-electron chi connectivity index (χ4n) is 4.06. The number of hydrogen-bond donors (Lipinski definition) is 0. The molecule has 2 saturated heterocycles. The van der Waals surface area contributed by atoms with Gasteiger partial charge >= 0.3 is 0 Å². The van der Waals surface area contributed by atoms with Crippen LogP contribution in [0.25, 0.3) is 0 Å². The van der Waals surface area contributed by atoms with Crippen LogP contribution in [0.1, 0.15) is 53.4 Å². The zero-order valence-electron chi connectivity index (χ0n) is 17.5. The zero-order valence-corrected chi connectivity index (χ0v) is 18.3. The first-order valence-electron chi connectivity index (χ1n) is 10.3. The number of anilines is 1. The molecule has 1 aromatic rings. The van der Waals surface area contributed by atoms with Crippen LogP contribution < -0.4 is 4.90 Å². The number of piperidine rings is 2. The lowest BCUT2D eigenvalue weighted by molar-refractivity contribution is -0.137. The molecule has 2 aliphatic heterocycles. The summed E-state index contributed by atoms with van der Waals surface area (Å²) < 4.78 is 24.2. The molecule has 28 heavy (non-hydrogen) atoms. The van der Waals surface area contributed by atoms with E-state index in [-0.39, 0.29) is 10.9 Å². The van der Waals surface area contributed by atoms with E-state index < -0.39 is 14.6 Å². The molecule has 0 aromatic carbocycles. The topological polar surface area (TPSA) is 70.6 Å². The Labute approximate surface area is 169 Å². The molecule has 7 heteroatoms. The van der Waals surface area contributed by atoms with Crippen LogP contribution in [-0.4, -0.2) is 55.1 Å². The van der Waals surface area contributed by atoms with Crippen LogP contribution in [0.15, 0.2) is 23.4 Å². The fourth-order valence-corrected chi connectivity index (χ4v) is 5.13. The second-order valence-corrected chi connectivity index (χ2v) is 11.9. The number of aromatic nitrogens is 1. The highest BCUT2D eigenvalue weighted by Gasteiger charge is 2.33. The average Bonchev–Trinajstić information content (AvgIpc) is 2.67. The molecule has 156 valence electrons. The van der Waals surface area contributed by atoms with Gasteiger partial charge in [-0.3, -0.25) is 4.79 Å². The fraction of sp³-hybridized carbons (Fsp3) is 0.714. The van der Waals surface area contributed by atoms with Gasteiger partial charge in [0.25, 0.3) is 0 Å². The summed E-state index contributed by atoms with van der Waals surface area (Å²) >= 11 is 0. The Balaban J connectivity index is 1.60. The van der Waals surface area contributed by atoms with E-state index in [0.29, 0.717) is 11.8 Å². The predicted octanol–water partition coefficient (Wildman–Crippen LogP) is 3.13. The molecule has 2 aliphatic rings. The molecule has 6 nitrogen and oxygen atoms in total. The molecule has 1 unspecified atom stereocenters. The molecule has 1 amide bonds. The third-order valence-electron chi connectivity index (χ3n) is 5.98. The second-order valence-electron chi connectivity index (χ2n) is 9.26. The maximum atomic E-state index is 12.8. The van der Waals surface area contributed by atoms with Crippen molar-refractivity contribution in [1.82, 2.24) is 9.88 Å². The largest absolute Gasteiger partial charge is 0.370 e. The molecule has 2 fully saturated rings. The van der Waals surface area contributed by atoms with E-state index in [1.807, 2.05) is 6.07 Å². The molecule has 3 heterocycles. The summed E-state index contributed by atoms with van der Waals surface area (Å²) in [5.41, 5.74) is 0.922. The van der Waals surface area contributed by atoms with E-state index >= 15 is 0 Å². The van der Waals surface area contributed by atoms with Crippen molar-refractivity contribution >= 4 is 21.4 Å². The predicted molar refractivity (Wildman–Crippen MR) is 111 cm³/mol. The first-order valence-corrected chi connectivity index (χ1v) is 11.8. The maximum absolute atomic E-state index is 12.8. The van der Waals surface area contributed by atoms with Gasteiger partial charge < -0.3 is 9.80 Å². The number of carbonyl (C=O) groups is 1. The average molecular weight is 408 g/mol. The summed E-state index contributed by atoms with van der Waals surface area (Å²) in [6.07, 6.45) is 5.65. The van der Waals surface area contributed by atoms with Crippen LogP contribution in [-0.2, 0) is 14.6 Å². The summed E-state index contributed by atoms with van der Waals surface area (Å²) in [5, 5.41) is 0.119. The van der Waals surface area contributed by atoms with Crippen LogP contribution in [0.5, 0.6) is 0 Å². The highest BCUT2D eigenvalue weighted by Crippen LogP contribution is 2.28. The zero-order chi connectivity index (χ0) is 20.5. The van der Waals surface area contributed by atoms with E-state index in [1.165, 1.54) is 6.42 Å². The molecule has 0 N–H and O–H groups in total. The lowest BCUT2D eigenvalue weighted by Crippen LogP contribution is -2.46.